The predicted molar refractivity (Wildman–Crippen MR) is 70.8 cm³/mol. The first kappa shape index (κ1) is 12.5. The van der Waals surface area contributed by atoms with E-state index in [-0.39, 0.29) is 11.6 Å². The largest absolute Gasteiger partial charge is 0.477 e. The Morgan fingerprint density at radius 3 is 2.95 bits per heavy atom. The van der Waals surface area contributed by atoms with Crippen LogP contribution in [0.3, 0.4) is 0 Å². The van der Waals surface area contributed by atoms with Gasteiger partial charge in [-0.05, 0) is 23.6 Å². The van der Waals surface area contributed by atoms with Crippen molar-refractivity contribution in [2.45, 2.75) is 0 Å². The van der Waals surface area contributed by atoms with E-state index < -0.39 is 17.3 Å². The van der Waals surface area contributed by atoms with E-state index in [1.807, 2.05) is 5.38 Å². The summed E-state index contributed by atoms with van der Waals surface area (Å²) in [6, 6.07) is 5.58. The van der Waals surface area contributed by atoms with Crippen LogP contribution >= 0.6 is 11.3 Å². The Labute approximate surface area is 116 Å². The summed E-state index contributed by atoms with van der Waals surface area (Å²) in [7, 11) is 0. The average molecular weight is 290 g/mol. The number of thiophene rings is 1. The lowest BCUT2D eigenvalue weighted by Crippen LogP contribution is -2.04. The first-order chi connectivity index (χ1) is 9.66. The SMILES string of the molecule is O=C(O)c1c(F)cccc1Oc1ncnc2sccc12. The van der Waals surface area contributed by atoms with Gasteiger partial charge in [-0.1, -0.05) is 6.07 Å². The van der Waals surface area contributed by atoms with E-state index in [4.69, 9.17) is 9.84 Å². The van der Waals surface area contributed by atoms with Crippen LogP contribution in [0.25, 0.3) is 10.2 Å². The number of carboxylic acids is 1. The predicted octanol–water partition coefficient (Wildman–Crippen LogP) is 3.32. The minimum atomic E-state index is -1.39. The molecular formula is C13H7FN2O3S. The molecule has 0 aliphatic rings. The van der Waals surface area contributed by atoms with E-state index in [2.05, 4.69) is 9.97 Å². The number of hydrogen-bond acceptors (Lipinski definition) is 5. The van der Waals surface area contributed by atoms with Gasteiger partial charge in [-0.25, -0.2) is 19.2 Å². The molecular weight excluding hydrogens is 283 g/mol. The number of nitrogens with zero attached hydrogens (tertiary/aromatic N) is 2. The highest BCUT2D eigenvalue weighted by atomic mass is 32.1. The fourth-order valence-electron chi connectivity index (χ4n) is 1.75. The molecule has 0 unspecified atom stereocenters. The van der Waals surface area contributed by atoms with Gasteiger partial charge in [0.25, 0.3) is 0 Å². The summed E-state index contributed by atoms with van der Waals surface area (Å²) in [6.07, 6.45) is 1.31. The standard InChI is InChI=1S/C13H7FN2O3S/c14-8-2-1-3-9(10(8)13(17)18)19-11-7-4-5-20-12(7)16-6-15-11/h1-6H,(H,17,18). The van der Waals surface area contributed by atoms with Crippen molar-refractivity contribution in [2.75, 3.05) is 0 Å². The number of carbonyl (C=O) groups is 1. The number of ether oxygens (including phenoxy) is 1. The molecule has 0 amide bonds. The highest BCUT2D eigenvalue weighted by Crippen LogP contribution is 2.31. The monoisotopic (exact) mass is 290 g/mol. The highest BCUT2D eigenvalue weighted by Gasteiger charge is 2.18. The summed E-state index contributed by atoms with van der Waals surface area (Å²) < 4.78 is 19.0. The number of benzene rings is 1. The summed E-state index contributed by atoms with van der Waals surface area (Å²) in [5, 5.41) is 11.5. The molecule has 3 rings (SSSR count). The van der Waals surface area contributed by atoms with E-state index in [0.29, 0.717) is 10.2 Å². The quantitative estimate of drug-likeness (QED) is 0.801. The third kappa shape index (κ3) is 2.08. The lowest BCUT2D eigenvalue weighted by atomic mass is 10.2. The first-order valence-electron chi connectivity index (χ1n) is 5.54. The summed E-state index contributed by atoms with van der Waals surface area (Å²) >= 11 is 1.40. The van der Waals surface area contributed by atoms with E-state index in [0.717, 1.165) is 6.07 Å². The van der Waals surface area contributed by atoms with Gasteiger partial charge >= 0.3 is 5.97 Å². The molecule has 2 aromatic heterocycles. The number of hydrogen-bond donors (Lipinski definition) is 1. The van der Waals surface area contributed by atoms with Gasteiger partial charge in [0, 0.05) is 0 Å². The van der Waals surface area contributed by atoms with Gasteiger partial charge in [0.15, 0.2) is 0 Å². The molecule has 2 heterocycles. The van der Waals surface area contributed by atoms with Gasteiger partial charge in [-0.3, -0.25) is 0 Å². The number of carboxylic acid groups (broad SMARTS) is 1. The van der Waals surface area contributed by atoms with E-state index in [1.54, 1.807) is 6.07 Å². The number of aromatic nitrogens is 2. The van der Waals surface area contributed by atoms with Crippen LogP contribution in [0.2, 0.25) is 0 Å². The molecule has 0 saturated carbocycles. The molecule has 0 bridgehead atoms. The Bertz CT molecular complexity index is 803. The van der Waals surface area contributed by atoms with Crippen molar-refractivity contribution in [3.05, 3.63) is 47.4 Å². The summed E-state index contributed by atoms with van der Waals surface area (Å²) in [6.45, 7) is 0. The Morgan fingerprint density at radius 1 is 1.30 bits per heavy atom. The molecule has 1 N–H and O–H groups in total. The van der Waals surface area contributed by atoms with Crippen molar-refractivity contribution >= 4 is 27.5 Å². The zero-order valence-corrected chi connectivity index (χ0v) is 10.7. The third-order valence-electron chi connectivity index (χ3n) is 2.62. The molecule has 20 heavy (non-hydrogen) atoms. The molecule has 100 valence electrons. The van der Waals surface area contributed by atoms with E-state index in [1.165, 1.54) is 29.8 Å². The second kappa shape index (κ2) is 4.86. The van der Waals surface area contributed by atoms with E-state index >= 15 is 0 Å². The zero-order valence-electron chi connectivity index (χ0n) is 9.91. The molecule has 0 radical (unpaired) electrons. The maximum absolute atomic E-state index is 13.6. The third-order valence-corrected chi connectivity index (χ3v) is 3.44. The molecule has 1 aromatic carbocycles. The molecule has 0 fully saturated rings. The smallest absolute Gasteiger partial charge is 0.342 e. The molecule has 7 heteroatoms. The zero-order chi connectivity index (χ0) is 14.1. The van der Waals surface area contributed by atoms with Crippen LogP contribution in [-0.4, -0.2) is 21.0 Å². The van der Waals surface area contributed by atoms with Crippen LogP contribution in [-0.2, 0) is 0 Å². The number of fused-ring (bicyclic) bond motifs is 1. The number of halogens is 1. The van der Waals surface area contributed by atoms with Crippen molar-refractivity contribution in [1.29, 1.82) is 0 Å². The van der Waals surface area contributed by atoms with Gasteiger partial charge in [0.1, 0.15) is 28.3 Å². The van der Waals surface area contributed by atoms with Crippen molar-refractivity contribution in [3.63, 3.8) is 0 Å². The Morgan fingerprint density at radius 2 is 2.15 bits per heavy atom. The summed E-state index contributed by atoms with van der Waals surface area (Å²) in [4.78, 5) is 19.8. The fourth-order valence-corrected chi connectivity index (χ4v) is 2.47. The van der Waals surface area contributed by atoms with Crippen molar-refractivity contribution in [1.82, 2.24) is 9.97 Å². The molecule has 5 nitrogen and oxygen atoms in total. The average Bonchev–Trinajstić information content (AvgIpc) is 2.87. The Hall–Kier alpha value is -2.54. The van der Waals surface area contributed by atoms with Crippen LogP contribution in [0.4, 0.5) is 4.39 Å². The van der Waals surface area contributed by atoms with Crippen molar-refractivity contribution in [3.8, 4) is 11.6 Å². The maximum atomic E-state index is 13.6. The maximum Gasteiger partial charge on any atom is 0.342 e. The second-order valence-corrected chi connectivity index (χ2v) is 4.73. The molecule has 0 spiro atoms. The number of aromatic carboxylic acids is 1. The van der Waals surface area contributed by atoms with Crippen molar-refractivity contribution < 1.29 is 19.0 Å². The Kier molecular flexibility index (Phi) is 3.03. The fraction of sp³-hybridized carbons (Fsp3) is 0. The molecule has 0 aliphatic carbocycles. The normalized spacial score (nSPS) is 10.7. The first-order valence-corrected chi connectivity index (χ1v) is 6.42. The molecule has 0 saturated heterocycles. The van der Waals surface area contributed by atoms with Gasteiger partial charge in [-0.2, -0.15) is 0 Å². The van der Waals surface area contributed by atoms with Crippen LogP contribution in [0.15, 0.2) is 36.0 Å². The summed E-state index contributed by atoms with van der Waals surface area (Å²) in [5.74, 6) is -2.15. The lowest BCUT2D eigenvalue weighted by Gasteiger charge is -2.08. The molecule has 3 aromatic rings. The van der Waals surface area contributed by atoms with Gasteiger partial charge in [0.05, 0.1) is 5.39 Å². The minimum Gasteiger partial charge on any atom is -0.477 e. The topological polar surface area (TPSA) is 72.3 Å². The highest BCUT2D eigenvalue weighted by molar-refractivity contribution is 7.16. The Balaban J connectivity index is 2.10. The van der Waals surface area contributed by atoms with Crippen LogP contribution in [0.5, 0.6) is 11.6 Å². The van der Waals surface area contributed by atoms with Gasteiger partial charge < -0.3 is 9.84 Å². The second-order valence-electron chi connectivity index (χ2n) is 3.84. The van der Waals surface area contributed by atoms with E-state index in [9.17, 15) is 9.18 Å². The molecule has 0 aliphatic heterocycles. The van der Waals surface area contributed by atoms with Gasteiger partial charge in [0.2, 0.25) is 5.88 Å². The summed E-state index contributed by atoms with van der Waals surface area (Å²) in [5.41, 5.74) is -0.519. The number of rotatable bonds is 3. The van der Waals surface area contributed by atoms with Crippen molar-refractivity contribution in [2.24, 2.45) is 0 Å². The van der Waals surface area contributed by atoms with Crippen LogP contribution in [0.1, 0.15) is 10.4 Å². The molecule has 0 atom stereocenters. The van der Waals surface area contributed by atoms with Crippen LogP contribution < -0.4 is 4.74 Å². The minimum absolute atomic E-state index is 0.0938. The van der Waals surface area contributed by atoms with Gasteiger partial charge in [-0.15, -0.1) is 11.3 Å². The lowest BCUT2D eigenvalue weighted by molar-refractivity contribution is 0.0689. The van der Waals surface area contributed by atoms with Crippen LogP contribution in [0, 0.1) is 5.82 Å².